The molecule has 1 fully saturated rings. The highest BCUT2D eigenvalue weighted by Crippen LogP contribution is 2.40. The molecule has 16 heteroatoms. The molecule has 2 aromatic rings. The first kappa shape index (κ1) is 42.7. The lowest BCUT2D eigenvalue weighted by Gasteiger charge is -2.49. The number of carboxylic acid groups (broad SMARTS) is 1. The molecule has 0 aromatic carbocycles. The molecule has 54 heavy (non-hydrogen) atoms. The predicted molar refractivity (Wildman–Crippen MR) is 208 cm³/mol. The van der Waals surface area contributed by atoms with Gasteiger partial charge in [-0.2, -0.15) is 9.36 Å². The Kier molecular flexibility index (Phi) is 18.2. The minimum Gasteiger partial charge on any atom is -0.477 e. The Hall–Kier alpha value is -4.05. The van der Waals surface area contributed by atoms with Gasteiger partial charge in [-0.3, -0.25) is 19.3 Å². The normalized spacial score (nSPS) is 16.9. The van der Waals surface area contributed by atoms with E-state index in [1.165, 1.54) is 87.3 Å². The van der Waals surface area contributed by atoms with Crippen molar-refractivity contribution in [3.63, 3.8) is 0 Å². The molecule has 2 aliphatic heterocycles. The Morgan fingerprint density at radius 3 is 2.24 bits per heavy atom. The number of fused-ring (bicyclic) bond motifs is 1. The van der Waals surface area contributed by atoms with Gasteiger partial charge in [-0.1, -0.05) is 89.1 Å². The van der Waals surface area contributed by atoms with Gasteiger partial charge in [0.1, 0.15) is 23.7 Å². The smallest absolute Gasteiger partial charge is 0.352 e. The summed E-state index contributed by atoms with van der Waals surface area (Å²) in [7, 11) is 0. The highest BCUT2D eigenvalue weighted by Gasteiger charge is 2.55. The van der Waals surface area contributed by atoms with Gasteiger partial charge in [0.15, 0.2) is 24.1 Å². The van der Waals surface area contributed by atoms with Crippen molar-refractivity contribution < 1.29 is 38.4 Å². The van der Waals surface area contributed by atoms with Crippen LogP contribution in [0.1, 0.15) is 122 Å². The number of hydrogen-bond acceptors (Lipinski definition) is 12. The molecule has 0 spiro atoms. The summed E-state index contributed by atoms with van der Waals surface area (Å²) in [6.07, 6.45) is 22.2. The van der Waals surface area contributed by atoms with Crippen LogP contribution < -0.4 is 15.6 Å². The number of esters is 1. The second-order valence-corrected chi connectivity index (χ2v) is 15.5. The largest absolute Gasteiger partial charge is 0.477 e. The van der Waals surface area contributed by atoms with E-state index in [1.807, 2.05) is 29.1 Å². The molecule has 14 nitrogen and oxygen atoms in total. The van der Waals surface area contributed by atoms with Crippen molar-refractivity contribution >= 4 is 57.9 Å². The Labute approximate surface area is 326 Å². The van der Waals surface area contributed by atoms with E-state index in [0.717, 1.165) is 36.4 Å². The number of carbonyl (C=O) groups is 4. The molecular weight excluding hydrogens is 731 g/mol. The number of pyridine rings is 1. The zero-order valence-electron chi connectivity index (χ0n) is 31.6. The zero-order chi connectivity index (χ0) is 38.7. The van der Waals surface area contributed by atoms with Crippen LogP contribution in [-0.4, -0.2) is 79.2 Å². The van der Waals surface area contributed by atoms with Crippen molar-refractivity contribution in [2.75, 3.05) is 24.7 Å². The number of anilines is 1. The standard InChI is InChI=1S/C38H55N7O7S2/c1-3-5-6-7-8-9-10-11-12-13-14-15-16-19-29(46)51-24-17-18-27-20-22-44(23-21-27)25-28-26-53-36-31(35(48)45(36)32(28)37(49)50)40-34(47)30(42-52-4-2)33-41-38(39)54-43-33/h20-23,31,36H,3-19,24-26H2,1-2H3,(H3-,39,40,41,43,47,49,50)/p+1/t31?,36-/m0/s1. The molecule has 1 unspecified atom stereocenters. The molecule has 1 saturated heterocycles. The summed E-state index contributed by atoms with van der Waals surface area (Å²) >= 11 is 2.26. The summed E-state index contributed by atoms with van der Waals surface area (Å²) in [6, 6.07) is 2.95. The van der Waals surface area contributed by atoms with E-state index in [2.05, 4.69) is 26.8 Å². The SMILES string of the molecule is CCCCCCCCCCCCCCCC(=O)OCCCc1cc[n+](CC2=C(C(=O)O)N3C(=O)C(NC(=O)C(=NOCC)c4nsc(N)n4)[C@@H]3SC2)cc1. The van der Waals surface area contributed by atoms with E-state index in [1.54, 1.807) is 6.92 Å². The number of aliphatic carboxylic acids is 1. The van der Waals surface area contributed by atoms with Gasteiger partial charge in [-0.25, -0.2) is 9.36 Å². The molecule has 2 atom stereocenters. The first-order chi connectivity index (χ1) is 26.2. The van der Waals surface area contributed by atoms with Gasteiger partial charge in [-0.05, 0) is 31.7 Å². The lowest BCUT2D eigenvalue weighted by Crippen LogP contribution is -2.71. The Balaban J connectivity index is 1.14. The van der Waals surface area contributed by atoms with Crippen molar-refractivity contribution in [1.29, 1.82) is 0 Å². The van der Waals surface area contributed by atoms with Crippen LogP contribution in [0.25, 0.3) is 0 Å². The number of unbranched alkanes of at least 4 members (excludes halogenated alkanes) is 12. The third-order valence-corrected chi connectivity index (χ3v) is 11.3. The highest BCUT2D eigenvalue weighted by atomic mass is 32.2. The molecule has 0 bridgehead atoms. The first-order valence-electron chi connectivity index (χ1n) is 19.4. The number of carboxylic acids is 1. The number of thioether (sulfide) groups is 1. The van der Waals surface area contributed by atoms with Crippen LogP contribution in [0.4, 0.5) is 5.13 Å². The molecule has 0 aliphatic carbocycles. The summed E-state index contributed by atoms with van der Waals surface area (Å²) in [4.78, 5) is 61.2. The number of aromatic nitrogens is 3. The van der Waals surface area contributed by atoms with E-state index in [0.29, 0.717) is 30.8 Å². The maximum absolute atomic E-state index is 13.2. The van der Waals surface area contributed by atoms with Gasteiger partial charge in [-0.15, -0.1) is 11.8 Å². The zero-order valence-corrected chi connectivity index (χ0v) is 33.3. The fourth-order valence-electron chi connectivity index (χ4n) is 6.46. The number of hydrogen-bond donors (Lipinski definition) is 3. The van der Waals surface area contributed by atoms with Crippen LogP contribution in [0.15, 0.2) is 41.0 Å². The number of oxime groups is 1. The maximum atomic E-state index is 13.2. The average molecular weight is 787 g/mol. The number of nitrogens with one attached hydrogen (secondary N) is 1. The van der Waals surface area contributed by atoms with E-state index in [9.17, 15) is 24.3 Å². The summed E-state index contributed by atoms with van der Waals surface area (Å²) < 4.78 is 11.3. The van der Waals surface area contributed by atoms with Crippen LogP contribution in [0.5, 0.6) is 0 Å². The number of nitrogens with zero attached hydrogens (tertiary/aromatic N) is 5. The van der Waals surface area contributed by atoms with E-state index in [-0.39, 0.29) is 41.5 Å². The summed E-state index contributed by atoms with van der Waals surface area (Å²) in [5.74, 6) is -2.29. The van der Waals surface area contributed by atoms with E-state index >= 15 is 0 Å². The third-order valence-electron chi connectivity index (χ3n) is 9.38. The third kappa shape index (κ3) is 13.1. The number of carbonyl (C=O) groups excluding carboxylic acids is 3. The average Bonchev–Trinajstić information content (AvgIpc) is 3.60. The molecule has 296 valence electrons. The van der Waals surface area contributed by atoms with E-state index < -0.39 is 29.2 Å². The number of nitrogens with two attached hydrogens (primary N) is 1. The number of aryl methyl sites for hydroxylation is 1. The van der Waals surface area contributed by atoms with Crippen LogP contribution >= 0.6 is 23.3 Å². The number of rotatable bonds is 26. The lowest BCUT2D eigenvalue weighted by molar-refractivity contribution is -0.689. The fourth-order valence-corrected chi connectivity index (χ4v) is 8.23. The van der Waals surface area contributed by atoms with Crippen molar-refractivity contribution in [2.24, 2.45) is 5.16 Å². The molecule has 4 heterocycles. The van der Waals surface area contributed by atoms with Gasteiger partial charge in [0, 0.05) is 41.4 Å². The molecule has 0 saturated carbocycles. The molecule has 0 radical (unpaired) electrons. The van der Waals surface area contributed by atoms with Crippen LogP contribution in [0, 0.1) is 0 Å². The summed E-state index contributed by atoms with van der Waals surface area (Å²) in [5, 5.41) is 16.1. The van der Waals surface area contributed by atoms with Crippen LogP contribution in [0.2, 0.25) is 0 Å². The molecular formula is C38H56N7O7S2+. The number of ether oxygens (including phenoxy) is 1. The molecule has 2 amide bonds. The topological polar surface area (TPSA) is 190 Å². The highest BCUT2D eigenvalue weighted by molar-refractivity contribution is 8.00. The van der Waals surface area contributed by atoms with Crippen molar-refractivity contribution in [1.82, 2.24) is 19.6 Å². The van der Waals surface area contributed by atoms with Crippen LogP contribution in [-0.2, 0) is 41.7 Å². The molecule has 2 aliphatic rings. The van der Waals surface area contributed by atoms with Gasteiger partial charge in [0.2, 0.25) is 11.5 Å². The fraction of sp³-hybridized carbons (Fsp3) is 0.632. The van der Waals surface area contributed by atoms with Gasteiger partial charge in [0.25, 0.3) is 11.8 Å². The van der Waals surface area contributed by atoms with Gasteiger partial charge < -0.3 is 25.7 Å². The van der Waals surface area contributed by atoms with Crippen molar-refractivity contribution in [3.8, 4) is 0 Å². The second kappa shape index (κ2) is 23.0. The second-order valence-electron chi connectivity index (χ2n) is 13.6. The Morgan fingerprint density at radius 1 is 1.00 bits per heavy atom. The molecule has 4 N–H and O–H groups in total. The predicted octanol–water partition coefficient (Wildman–Crippen LogP) is 5.54. The van der Waals surface area contributed by atoms with Gasteiger partial charge in [0.05, 0.1) is 6.61 Å². The minimum atomic E-state index is -1.21. The maximum Gasteiger partial charge on any atom is 0.352 e. The molecule has 2 aromatic heterocycles. The lowest BCUT2D eigenvalue weighted by atomic mass is 10.0. The Morgan fingerprint density at radius 2 is 1.65 bits per heavy atom. The van der Waals surface area contributed by atoms with Crippen molar-refractivity contribution in [3.05, 3.63) is 47.2 Å². The minimum absolute atomic E-state index is 0.0290. The molecule has 4 rings (SSSR count). The van der Waals surface area contributed by atoms with Crippen molar-refractivity contribution in [2.45, 2.75) is 135 Å². The Bertz CT molecular complexity index is 1600. The monoisotopic (exact) mass is 786 g/mol. The summed E-state index contributed by atoms with van der Waals surface area (Å²) in [6.45, 7) is 4.80. The van der Waals surface area contributed by atoms with E-state index in [4.69, 9.17) is 15.3 Å². The van der Waals surface area contributed by atoms with Crippen LogP contribution in [0.3, 0.4) is 0 Å². The number of β-lactam (4-membered cyclic amide) rings is 1. The van der Waals surface area contributed by atoms with Gasteiger partial charge >= 0.3 is 11.9 Å². The number of amides is 2. The summed E-state index contributed by atoms with van der Waals surface area (Å²) in [5.41, 5.74) is 7.01. The quantitative estimate of drug-likeness (QED) is 0.0271. The number of nitrogen functional groups attached to an aromatic ring is 1. The first-order valence-corrected chi connectivity index (χ1v) is 21.2.